The smallest absolute Gasteiger partial charge is 0.475 e. The van der Waals surface area contributed by atoms with Crippen LogP contribution in [0.2, 0.25) is 0 Å². The topological polar surface area (TPSA) is 81.2 Å². The molecular weight excluding hydrogens is 422 g/mol. The van der Waals surface area contributed by atoms with Gasteiger partial charge in [0, 0.05) is 45.7 Å². The second-order valence-corrected chi connectivity index (χ2v) is 7.68. The van der Waals surface area contributed by atoms with Gasteiger partial charge >= 0.3 is 12.1 Å². The third kappa shape index (κ3) is 6.65. The van der Waals surface area contributed by atoms with Crippen LogP contribution >= 0.6 is 0 Å². The number of hydrogen-bond donors (Lipinski definition) is 1. The van der Waals surface area contributed by atoms with Crippen LogP contribution in [0, 0.1) is 5.82 Å². The SMILES string of the molecule is CN(C)C(=O)CN1C(=O)CC[C@@H]2[C@H]1CCN2Cc1cccc(F)c1.O=C(O)C(F)(F)F. The Labute approximate surface area is 177 Å². The van der Waals surface area contributed by atoms with Gasteiger partial charge in [0.1, 0.15) is 12.4 Å². The number of fused-ring (bicyclic) bond motifs is 1. The van der Waals surface area contributed by atoms with Crippen LogP contribution in [0.25, 0.3) is 0 Å². The number of rotatable bonds is 4. The summed E-state index contributed by atoms with van der Waals surface area (Å²) in [4.78, 5) is 38.8. The Bertz CT molecular complexity index is 816. The Balaban J connectivity index is 0.000000423. The number of carboxylic acid groups (broad SMARTS) is 1. The van der Waals surface area contributed by atoms with Crippen molar-refractivity contribution in [3.63, 3.8) is 0 Å². The van der Waals surface area contributed by atoms with Crippen molar-refractivity contribution < 1.29 is 37.1 Å². The van der Waals surface area contributed by atoms with Gasteiger partial charge in [-0.1, -0.05) is 12.1 Å². The Kier molecular flexibility index (Phi) is 7.99. The van der Waals surface area contributed by atoms with Crippen LogP contribution < -0.4 is 0 Å². The molecule has 2 amide bonds. The molecule has 1 aromatic carbocycles. The molecule has 0 unspecified atom stereocenters. The number of carbonyl (C=O) groups is 3. The number of aliphatic carboxylic acids is 1. The Morgan fingerprint density at radius 3 is 2.39 bits per heavy atom. The molecule has 2 saturated heterocycles. The van der Waals surface area contributed by atoms with E-state index in [4.69, 9.17) is 9.90 Å². The molecule has 172 valence electrons. The zero-order valence-electron chi connectivity index (χ0n) is 17.2. The quantitative estimate of drug-likeness (QED) is 0.716. The highest BCUT2D eigenvalue weighted by Crippen LogP contribution is 2.32. The third-order valence-electron chi connectivity index (χ3n) is 5.32. The molecule has 2 aliphatic heterocycles. The lowest BCUT2D eigenvalue weighted by atomic mass is 9.96. The van der Waals surface area contributed by atoms with E-state index in [1.807, 2.05) is 6.07 Å². The van der Waals surface area contributed by atoms with Gasteiger partial charge in [-0.05, 0) is 30.5 Å². The minimum Gasteiger partial charge on any atom is -0.475 e. The van der Waals surface area contributed by atoms with Gasteiger partial charge in [0.05, 0.1) is 0 Å². The lowest BCUT2D eigenvalue weighted by molar-refractivity contribution is -0.192. The van der Waals surface area contributed by atoms with Crippen LogP contribution in [0.3, 0.4) is 0 Å². The first kappa shape index (κ1) is 24.6. The molecule has 0 saturated carbocycles. The van der Waals surface area contributed by atoms with E-state index in [1.54, 1.807) is 31.1 Å². The normalized spacial score (nSPS) is 21.2. The molecule has 7 nitrogen and oxygen atoms in total. The Morgan fingerprint density at radius 2 is 1.84 bits per heavy atom. The highest BCUT2D eigenvalue weighted by atomic mass is 19.4. The molecule has 0 aliphatic carbocycles. The zero-order valence-corrected chi connectivity index (χ0v) is 17.2. The number of hydrogen-bond acceptors (Lipinski definition) is 4. The van der Waals surface area contributed by atoms with Gasteiger partial charge in [-0.15, -0.1) is 0 Å². The number of piperidine rings is 1. The highest BCUT2D eigenvalue weighted by Gasteiger charge is 2.43. The van der Waals surface area contributed by atoms with Crippen molar-refractivity contribution in [2.75, 3.05) is 27.2 Å². The van der Waals surface area contributed by atoms with Crippen LogP contribution in [-0.2, 0) is 20.9 Å². The number of nitrogens with zero attached hydrogens (tertiary/aromatic N) is 3. The van der Waals surface area contributed by atoms with Crippen LogP contribution in [0.4, 0.5) is 17.6 Å². The van der Waals surface area contributed by atoms with Crippen molar-refractivity contribution in [3.8, 4) is 0 Å². The first-order chi connectivity index (χ1) is 14.4. The Morgan fingerprint density at radius 1 is 1.19 bits per heavy atom. The van der Waals surface area contributed by atoms with Gasteiger partial charge in [0.2, 0.25) is 11.8 Å². The number of amides is 2. The van der Waals surface area contributed by atoms with Crippen molar-refractivity contribution in [1.82, 2.24) is 14.7 Å². The van der Waals surface area contributed by atoms with Gasteiger partial charge in [0.25, 0.3) is 0 Å². The summed E-state index contributed by atoms with van der Waals surface area (Å²) in [5.41, 5.74) is 0.948. The molecule has 0 spiro atoms. The maximum Gasteiger partial charge on any atom is 0.490 e. The van der Waals surface area contributed by atoms with Crippen molar-refractivity contribution in [2.24, 2.45) is 0 Å². The highest BCUT2D eigenvalue weighted by molar-refractivity contribution is 5.85. The first-order valence-corrected chi connectivity index (χ1v) is 9.68. The molecule has 2 heterocycles. The summed E-state index contributed by atoms with van der Waals surface area (Å²) in [6.07, 6.45) is -2.93. The maximum atomic E-state index is 13.4. The lowest BCUT2D eigenvalue weighted by Gasteiger charge is -2.39. The Hall–Kier alpha value is -2.69. The van der Waals surface area contributed by atoms with Crippen LogP contribution in [0.1, 0.15) is 24.8 Å². The molecule has 1 aromatic rings. The molecule has 11 heteroatoms. The summed E-state index contributed by atoms with van der Waals surface area (Å²) in [5.74, 6) is -2.96. The number of likely N-dealkylation sites (tertiary alicyclic amines) is 2. The van der Waals surface area contributed by atoms with E-state index < -0.39 is 12.1 Å². The summed E-state index contributed by atoms with van der Waals surface area (Å²) in [5, 5.41) is 7.12. The standard InChI is InChI=1S/C18H24FN3O2.C2HF3O2/c1-20(2)18(24)12-22-16-8-9-21(15(16)6-7-17(22)23)11-13-4-3-5-14(19)10-13;3-2(4,5)1(6)7/h3-5,10,15-16H,6-9,11-12H2,1-2H3;(H,6,7)/t15-,16-;/m1./s1. The van der Waals surface area contributed by atoms with E-state index in [2.05, 4.69) is 4.90 Å². The van der Waals surface area contributed by atoms with E-state index in [0.717, 1.165) is 24.9 Å². The molecule has 2 fully saturated rings. The average Bonchev–Trinajstić information content (AvgIpc) is 3.06. The van der Waals surface area contributed by atoms with Crippen molar-refractivity contribution in [1.29, 1.82) is 0 Å². The first-order valence-electron chi connectivity index (χ1n) is 9.68. The number of benzene rings is 1. The van der Waals surface area contributed by atoms with E-state index in [1.165, 1.54) is 11.0 Å². The van der Waals surface area contributed by atoms with Gasteiger partial charge in [0.15, 0.2) is 0 Å². The van der Waals surface area contributed by atoms with Crippen LogP contribution in [-0.4, -0.2) is 83.0 Å². The largest absolute Gasteiger partial charge is 0.490 e. The summed E-state index contributed by atoms with van der Waals surface area (Å²) in [6, 6.07) is 7.01. The molecule has 0 radical (unpaired) electrons. The van der Waals surface area contributed by atoms with Gasteiger partial charge < -0.3 is 14.9 Å². The molecule has 31 heavy (non-hydrogen) atoms. The van der Waals surface area contributed by atoms with E-state index >= 15 is 0 Å². The fraction of sp³-hybridized carbons (Fsp3) is 0.550. The summed E-state index contributed by atoms with van der Waals surface area (Å²) < 4.78 is 45.1. The second-order valence-electron chi connectivity index (χ2n) is 7.68. The fourth-order valence-electron chi connectivity index (χ4n) is 3.80. The molecule has 2 aliphatic rings. The maximum absolute atomic E-state index is 13.4. The fourth-order valence-corrected chi connectivity index (χ4v) is 3.80. The van der Waals surface area contributed by atoms with Gasteiger partial charge in [-0.3, -0.25) is 14.5 Å². The van der Waals surface area contributed by atoms with E-state index in [-0.39, 0.29) is 36.3 Å². The third-order valence-corrected chi connectivity index (χ3v) is 5.32. The molecule has 0 aromatic heterocycles. The molecule has 1 N–H and O–H groups in total. The molecular formula is C20H25F4N3O4. The predicted molar refractivity (Wildman–Crippen MR) is 102 cm³/mol. The molecule has 3 rings (SSSR count). The summed E-state index contributed by atoms with van der Waals surface area (Å²) >= 11 is 0. The summed E-state index contributed by atoms with van der Waals surface area (Å²) in [7, 11) is 3.41. The number of likely N-dealkylation sites (N-methyl/N-ethyl adjacent to an activating group) is 1. The minimum atomic E-state index is -5.08. The van der Waals surface area contributed by atoms with Gasteiger partial charge in [-0.25, -0.2) is 9.18 Å². The molecule has 2 atom stereocenters. The minimum absolute atomic E-state index is 0.0485. The lowest BCUT2D eigenvalue weighted by Crippen LogP contribution is -2.54. The van der Waals surface area contributed by atoms with E-state index in [0.29, 0.717) is 13.0 Å². The van der Waals surface area contributed by atoms with Crippen molar-refractivity contribution >= 4 is 17.8 Å². The number of carboxylic acids is 1. The zero-order chi connectivity index (χ0) is 23.3. The van der Waals surface area contributed by atoms with Gasteiger partial charge in [-0.2, -0.15) is 13.2 Å². The van der Waals surface area contributed by atoms with Crippen molar-refractivity contribution in [2.45, 2.75) is 44.1 Å². The molecule has 0 bridgehead atoms. The number of halogens is 4. The average molecular weight is 447 g/mol. The second kappa shape index (κ2) is 10.1. The number of alkyl halides is 3. The van der Waals surface area contributed by atoms with Crippen LogP contribution in [0.15, 0.2) is 24.3 Å². The van der Waals surface area contributed by atoms with E-state index in [9.17, 15) is 27.2 Å². The van der Waals surface area contributed by atoms with Crippen LogP contribution in [0.5, 0.6) is 0 Å². The number of carbonyl (C=O) groups excluding carboxylic acids is 2. The predicted octanol–water partition coefficient (Wildman–Crippen LogP) is 2.11. The van der Waals surface area contributed by atoms with Crippen molar-refractivity contribution in [3.05, 3.63) is 35.6 Å². The summed E-state index contributed by atoms with van der Waals surface area (Å²) in [6.45, 7) is 1.70. The monoisotopic (exact) mass is 447 g/mol.